The Kier molecular flexibility index (Phi) is 40.7. The molecule has 0 aromatic heterocycles. The van der Waals surface area contributed by atoms with E-state index in [1.165, 1.54) is 0 Å². The van der Waals surface area contributed by atoms with Gasteiger partial charge in [0.2, 0.25) is 29.5 Å². The Morgan fingerprint density at radius 3 is 1.51 bits per heavy atom. The van der Waals surface area contributed by atoms with Crippen LogP contribution in [0.1, 0.15) is 71.3 Å². The summed E-state index contributed by atoms with van der Waals surface area (Å²) in [5.41, 5.74) is 0.663. The summed E-state index contributed by atoms with van der Waals surface area (Å²) in [6.45, 7) is 13.1. The summed E-state index contributed by atoms with van der Waals surface area (Å²) >= 11 is 0. The fraction of sp³-hybridized carbons (Fsp3) is 0.704. The van der Waals surface area contributed by atoms with Crippen molar-refractivity contribution < 1.29 is 95.2 Å². The molecule has 0 radical (unpaired) electrons. The number of ether oxygens (including phenoxy) is 12. The van der Waals surface area contributed by atoms with E-state index in [-0.39, 0.29) is 90.7 Å². The zero-order chi connectivity index (χ0) is 58.3. The monoisotopic (exact) mass is 1140 g/mol. The molecule has 0 spiro atoms. The van der Waals surface area contributed by atoms with E-state index in [1.807, 2.05) is 0 Å². The summed E-state index contributed by atoms with van der Waals surface area (Å²) in [6, 6.07) is 5.86. The van der Waals surface area contributed by atoms with Crippen LogP contribution in [-0.2, 0) is 102 Å². The summed E-state index contributed by atoms with van der Waals surface area (Å²) in [4.78, 5) is 100. The smallest absolute Gasteiger partial charge is 0.332 e. The minimum atomic E-state index is -0.936. The number of esters is 1. The van der Waals surface area contributed by atoms with Crippen molar-refractivity contribution in [3.8, 4) is 0 Å². The third kappa shape index (κ3) is 39.8. The number of carbonyl (C=O) groups excluding carboxylic acids is 8. The molecule has 1 aliphatic rings. The predicted octanol–water partition coefficient (Wildman–Crippen LogP) is 0.768. The molecule has 0 bridgehead atoms. The lowest BCUT2D eigenvalue weighted by molar-refractivity contribution is -0.160. The summed E-state index contributed by atoms with van der Waals surface area (Å²) in [5.74, 6) is -3.49. The van der Waals surface area contributed by atoms with Gasteiger partial charge >= 0.3 is 5.97 Å². The predicted molar refractivity (Wildman–Crippen MR) is 289 cm³/mol. The highest BCUT2D eigenvalue weighted by Gasteiger charge is 2.24. The second-order valence-electron chi connectivity index (χ2n) is 18.7. The molecule has 1 atom stereocenters. The molecular formula is C54H88N6O20. The van der Waals surface area contributed by atoms with Crippen molar-refractivity contribution in [2.75, 3.05) is 171 Å². The van der Waals surface area contributed by atoms with Crippen LogP contribution in [0.5, 0.6) is 0 Å². The number of methoxy groups -OCH3 is 1. The van der Waals surface area contributed by atoms with Crippen LogP contribution in [0.3, 0.4) is 0 Å². The van der Waals surface area contributed by atoms with E-state index in [4.69, 9.17) is 56.8 Å². The first kappa shape index (κ1) is 70.6. The minimum Gasteiger partial charge on any atom is -0.458 e. The quantitative estimate of drug-likeness (QED) is 0.0342. The number of unbranched alkanes of at least 4 members (excludes halogenated alkanes) is 1. The van der Waals surface area contributed by atoms with E-state index in [0.717, 1.165) is 22.6 Å². The number of hydrogen-bond donors (Lipinski definition) is 5. The van der Waals surface area contributed by atoms with Crippen molar-refractivity contribution in [3.05, 3.63) is 42.0 Å². The Bertz CT molecular complexity index is 1920. The molecule has 0 saturated heterocycles. The van der Waals surface area contributed by atoms with Crippen LogP contribution >= 0.6 is 0 Å². The number of hydrogen-bond acceptors (Lipinski definition) is 20. The van der Waals surface area contributed by atoms with Gasteiger partial charge in [0.1, 0.15) is 24.9 Å². The number of carbonyl (C=O) groups is 8. The SMILES string of the molecule is COCCOCCOCCOCCOCCOCCOCCOCCOCCOCC(=O)NCCCC[C@H](NC(=O)CCCN1C(=O)C=CC1=O)C(=O)NCCCC(=O)NCC(=O)Nc1ccc(COCC(=O)OC(C)(C)C)cc1. The molecule has 454 valence electrons. The first-order valence-electron chi connectivity index (χ1n) is 27.2. The fourth-order valence-electron chi connectivity index (χ4n) is 6.77. The molecule has 26 heteroatoms. The lowest BCUT2D eigenvalue weighted by atomic mass is 10.1. The van der Waals surface area contributed by atoms with Gasteiger partial charge in [-0.05, 0) is 70.6 Å². The highest BCUT2D eigenvalue weighted by Crippen LogP contribution is 2.12. The molecule has 2 rings (SSSR count). The minimum absolute atomic E-state index is 0.00901. The number of imide groups is 1. The molecule has 26 nitrogen and oxygen atoms in total. The third-order valence-corrected chi connectivity index (χ3v) is 10.7. The number of nitrogens with zero attached hydrogens (tertiary/aromatic N) is 1. The number of benzene rings is 1. The molecular weight excluding hydrogens is 1050 g/mol. The van der Waals surface area contributed by atoms with Crippen LogP contribution < -0.4 is 26.6 Å². The third-order valence-electron chi connectivity index (χ3n) is 10.7. The van der Waals surface area contributed by atoms with Crippen LogP contribution in [0.25, 0.3) is 0 Å². The van der Waals surface area contributed by atoms with E-state index in [0.29, 0.717) is 131 Å². The molecule has 1 heterocycles. The van der Waals surface area contributed by atoms with Crippen LogP contribution in [-0.4, -0.2) is 229 Å². The van der Waals surface area contributed by atoms with E-state index in [9.17, 15) is 38.4 Å². The highest BCUT2D eigenvalue weighted by atomic mass is 16.6. The lowest BCUT2D eigenvalue weighted by Crippen LogP contribution is -2.47. The Hall–Kier alpha value is -5.52. The lowest BCUT2D eigenvalue weighted by Gasteiger charge is -2.19. The second-order valence-corrected chi connectivity index (χ2v) is 18.7. The first-order chi connectivity index (χ1) is 38.7. The van der Waals surface area contributed by atoms with Crippen molar-refractivity contribution in [1.29, 1.82) is 0 Å². The van der Waals surface area contributed by atoms with Crippen molar-refractivity contribution in [2.45, 2.75) is 84.0 Å². The Balaban J connectivity index is 1.52. The summed E-state index contributed by atoms with van der Waals surface area (Å²) in [6.07, 6.45) is 3.91. The average Bonchev–Trinajstić information content (AvgIpc) is 3.74. The number of anilines is 1. The number of nitrogens with one attached hydrogen (secondary N) is 5. The topological polar surface area (TPSA) is 311 Å². The van der Waals surface area contributed by atoms with E-state index < -0.39 is 53.1 Å². The van der Waals surface area contributed by atoms with Crippen LogP contribution in [0.15, 0.2) is 36.4 Å². The molecule has 7 amide bonds. The Morgan fingerprint density at radius 2 is 1.00 bits per heavy atom. The van der Waals surface area contributed by atoms with Crippen LogP contribution in [0.2, 0.25) is 0 Å². The number of rotatable bonds is 51. The van der Waals surface area contributed by atoms with Crippen molar-refractivity contribution in [2.24, 2.45) is 0 Å². The second kappa shape index (κ2) is 46.1. The van der Waals surface area contributed by atoms with Crippen molar-refractivity contribution in [1.82, 2.24) is 26.2 Å². The van der Waals surface area contributed by atoms with E-state index in [1.54, 1.807) is 52.1 Å². The van der Waals surface area contributed by atoms with Crippen molar-refractivity contribution >= 4 is 53.0 Å². The normalized spacial score (nSPS) is 12.6. The van der Waals surface area contributed by atoms with Gasteiger partial charge in [0.25, 0.3) is 11.8 Å². The van der Waals surface area contributed by atoms with Gasteiger partial charge < -0.3 is 83.4 Å². The molecule has 5 N–H and O–H groups in total. The van der Waals surface area contributed by atoms with Gasteiger partial charge in [-0.1, -0.05) is 12.1 Å². The van der Waals surface area contributed by atoms with Crippen molar-refractivity contribution in [3.63, 3.8) is 0 Å². The van der Waals surface area contributed by atoms with Gasteiger partial charge in [0.05, 0.1) is 132 Å². The Morgan fingerprint density at radius 1 is 0.512 bits per heavy atom. The Labute approximate surface area is 469 Å². The first-order valence-corrected chi connectivity index (χ1v) is 27.2. The summed E-state index contributed by atoms with van der Waals surface area (Å²) < 4.78 is 64.5. The standard InChI is InChI=1S/C54H88N6O20/c1-54(2,3)80-52(67)42-79-40-43-12-14-44(15-13-43)58-48(63)39-57-46(61)10-7-19-56-53(68)45(59-47(62)11-8-20-60-50(65)16-17-51(60)66)9-5-6-18-55-49(64)41-78-38-37-77-36-35-76-34-33-75-32-31-74-30-29-73-28-27-72-26-25-71-24-23-70-22-21-69-4/h12-17,45H,5-11,18-42H2,1-4H3,(H,55,64)(H,56,68)(H,57,61)(H,58,63)(H,59,62)/t45-/m0/s1. The zero-order valence-electron chi connectivity index (χ0n) is 47.3. The van der Waals surface area contributed by atoms with E-state index >= 15 is 0 Å². The fourth-order valence-corrected chi connectivity index (χ4v) is 6.77. The maximum Gasteiger partial charge on any atom is 0.332 e. The molecule has 80 heavy (non-hydrogen) atoms. The largest absolute Gasteiger partial charge is 0.458 e. The molecule has 1 aromatic carbocycles. The van der Waals surface area contributed by atoms with Gasteiger partial charge in [0.15, 0.2) is 0 Å². The maximum absolute atomic E-state index is 13.3. The molecule has 0 fully saturated rings. The molecule has 1 aromatic rings. The van der Waals surface area contributed by atoms with Gasteiger partial charge in [-0.25, -0.2) is 4.79 Å². The molecule has 0 aliphatic carbocycles. The molecule has 0 unspecified atom stereocenters. The van der Waals surface area contributed by atoms with Gasteiger partial charge in [-0.15, -0.1) is 0 Å². The van der Waals surface area contributed by atoms with Gasteiger partial charge in [-0.2, -0.15) is 0 Å². The van der Waals surface area contributed by atoms with Gasteiger partial charge in [-0.3, -0.25) is 38.5 Å². The maximum atomic E-state index is 13.3. The summed E-state index contributed by atoms with van der Waals surface area (Å²) in [5, 5.41) is 13.5. The number of amides is 7. The van der Waals surface area contributed by atoms with Gasteiger partial charge in [0, 0.05) is 57.4 Å². The molecule has 0 saturated carbocycles. The zero-order valence-corrected chi connectivity index (χ0v) is 47.3. The highest BCUT2D eigenvalue weighted by molar-refractivity contribution is 6.12. The summed E-state index contributed by atoms with van der Waals surface area (Å²) in [7, 11) is 1.63. The van der Waals surface area contributed by atoms with Crippen LogP contribution in [0, 0.1) is 0 Å². The average molecular weight is 1140 g/mol. The molecule has 1 aliphatic heterocycles. The van der Waals surface area contributed by atoms with E-state index in [2.05, 4.69) is 26.6 Å². The van der Waals surface area contributed by atoms with Crippen LogP contribution in [0.4, 0.5) is 5.69 Å².